The van der Waals surface area contributed by atoms with E-state index in [4.69, 9.17) is 11.6 Å². The maximum absolute atomic E-state index is 13.7. The van der Waals surface area contributed by atoms with Gasteiger partial charge in [-0.1, -0.05) is 37.6 Å². The third kappa shape index (κ3) is 3.50. The van der Waals surface area contributed by atoms with Crippen LogP contribution in [-0.2, 0) is 22.4 Å². The minimum atomic E-state index is -0.295. The van der Waals surface area contributed by atoms with Crippen molar-refractivity contribution in [2.75, 3.05) is 4.90 Å². The molecule has 1 aromatic heterocycles. The molecule has 0 fully saturated rings. The molecule has 0 spiro atoms. The molecular weight excluding hydrogens is 440 g/mol. The van der Waals surface area contributed by atoms with E-state index >= 15 is 0 Å². The fraction of sp³-hybridized carbons (Fsp3) is 0.423. The summed E-state index contributed by atoms with van der Waals surface area (Å²) in [6.07, 6.45) is 5.32. The number of nitriles is 1. The predicted octanol–water partition coefficient (Wildman–Crippen LogP) is 6.32. The molecule has 1 unspecified atom stereocenters. The molecule has 2 aromatic rings. The van der Waals surface area contributed by atoms with Gasteiger partial charge in [0.2, 0.25) is 5.91 Å². The highest BCUT2D eigenvalue weighted by atomic mass is 35.5. The molecule has 1 atom stereocenters. The van der Waals surface area contributed by atoms with Crippen LogP contribution in [-0.4, -0.2) is 11.7 Å². The lowest BCUT2D eigenvalue weighted by atomic mass is 9.69. The van der Waals surface area contributed by atoms with Crippen molar-refractivity contribution >= 4 is 39.6 Å². The highest BCUT2D eigenvalue weighted by Crippen LogP contribution is 2.51. The minimum absolute atomic E-state index is 0.0469. The van der Waals surface area contributed by atoms with Crippen LogP contribution in [0.2, 0.25) is 5.02 Å². The van der Waals surface area contributed by atoms with Gasteiger partial charge < -0.3 is 0 Å². The summed E-state index contributed by atoms with van der Waals surface area (Å²) in [7, 11) is 0. The summed E-state index contributed by atoms with van der Waals surface area (Å²) in [5.41, 5.74) is 3.89. The summed E-state index contributed by atoms with van der Waals surface area (Å²) in [5, 5.41) is 11.3. The molecule has 0 bridgehead atoms. The minimum Gasteiger partial charge on any atom is -0.294 e. The molecule has 1 aromatic carbocycles. The maximum Gasteiger partial charge on any atom is 0.232 e. The van der Waals surface area contributed by atoms with Crippen LogP contribution < -0.4 is 4.90 Å². The number of anilines is 1. The summed E-state index contributed by atoms with van der Waals surface area (Å²) in [6, 6.07) is 9.87. The fourth-order valence-electron chi connectivity index (χ4n) is 5.48. The van der Waals surface area contributed by atoms with E-state index in [2.05, 4.69) is 19.9 Å². The van der Waals surface area contributed by atoms with Gasteiger partial charge in [0.15, 0.2) is 5.78 Å². The average Bonchev–Trinajstić information content (AvgIpc) is 3.10. The summed E-state index contributed by atoms with van der Waals surface area (Å²) >= 11 is 7.82. The first-order valence-electron chi connectivity index (χ1n) is 11.2. The van der Waals surface area contributed by atoms with Crippen LogP contribution in [0.15, 0.2) is 35.5 Å². The highest BCUT2D eigenvalue weighted by Gasteiger charge is 2.45. The monoisotopic (exact) mass is 464 g/mol. The topological polar surface area (TPSA) is 61.2 Å². The number of aryl methyl sites for hydroxylation is 1. The third-order valence-electron chi connectivity index (χ3n) is 6.86. The van der Waals surface area contributed by atoms with Crippen molar-refractivity contribution in [3.8, 4) is 6.07 Å². The molecule has 32 heavy (non-hydrogen) atoms. The van der Waals surface area contributed by atoms with Gasteiger partial charge in [0.1, 0.15) is 11.1 Å². The standard InChI is InChI=1S/C26H25ClN2O2S/c1-26(2)12-20-24(21(30)13-26)18(15-6-5-7-16(27)10-15)11-23(31)29(20)25-19(14-28)17-8-3-4-9-22(17)32-25/h5-7,10,18H,3-4,8-9,11-13H2,1-2H3. The number of ketones is 1. The molecule has 0 saturated heterocycles. The van der Waals surface area contributed by atoms with E-state index in [-0.39, 0.29) is 29.4 Å². The van der Waals surface area contributed by atoms with E-state index in [1.807, 2.05) is 18.2 Å². The van der Waals surface area contributed by atoms with E-state index in [9.17, 15) is 14.9 Å². The molecule has 1 amide bonds. The zero-order valence-corrected chi connectivity index (χ0v) is 19.9. The van der Waals surface area contributed by atoms with Crippen molar-refractivity contribution in [2.45, 2.75) is 64.7 Å². The molecule has 2 aliphatic carbocycles. The SMILES string of the molecule is CC1(C)CC(=O)C2=C(C1)N(c1sc3c(c1C#N)CCCC3)C(=O)CC2c1cccc(Cl)c1. The van der Waals surface area contributed by atoms with Crippen LogP contribution in [0.1, 0.15) is 73.4 Å². The number of rotatable bonds is 2. The number of benzene rings is 1. The van der Waals surface area contributed by atoms with Crippen molar-refractivity contribution in [1.82, 2.24) is 0 Å². The first-order chi connectivity index (χ1) is 15.3. The second-order valence-corrected chi connectivity index (χ2v) is 11.4. The van der Waals surface area contributed by atoms with Crippen LogP contribution in [0.25, 0.3) is 0 Å². The lowest BCUT2D eigenvalue weighted by Gasteiger charge is -2.42. The quantitative estimate of drug-likeness (QED) is 0.522. The van der Waals surface area contributed by atoms with Gasteiger partial charge in [0.25, 0.3) is 0 Å². The molecule has 2 heterocycles. The number of allylic oxidation sites excluding steroid dienone is 2. The second kappa shape index (κ2) is 7.86. The second-order valence-electron chi connectivity index (χ2n) is 9.85. The van der Waals surface area contributed by atoms with Crippen molar-refractivity contribution in [3.63, 3.8) is 0 Å². The van der Waals surface area contributed by atoms with Gasteiger partial charge in [0.05, 0.1) is 5.56 Å². The number of Topliss-reactive ketones (excluding diaryl/α,β-unsaturated/α-hetero) is 1. The zero-order valence-electron chi connectivity index (χ0n) is 18.3. The fourth-order valence-corrected chi connectivity index (χ4v) is 7.06. The number of nitrogens with zero attached hydrogens (tertiary/aromatic N) is 2. The van der Waals surface area contributed by atoms with E-state index in [0.29, 0.717) is 28.4 Å². The van der Waals surface area contributed by atoms with Gasteiger partial charge >= 0.3 is 0 Å². The van der Waals surface area contributed by atoms with Crippen molar-refractivity contribution in [2.24, 2.45) is 5.41 Å². The number of hydrogen-bond donors (Lipinski definition) is 0. The number of carbonyl (C=O) groups excluding carboxylic acids is 2. The number of thiophene rings is 1. The first-order valence-corrected chi connectivity index (χ1v) is 12.4. The molecule has 0 saturated carbocycles. The van der Waals surface area contributed by atoms with Gasteiger partial charge in [-0.3, -0.25) is 14.5 Å². The van der Waals surface area contributed by atoms with Gasteiger partial charge in [-0.2, -0.15) is 5.26 Å². The summed E-state index contributed by atoms with van der Waals surface area (Å²) in [6.45, 7) is 4.15. The van der Waals surface area contributed by atoms with E-state index < -0.39 is 0 Å². The molecule has 5 rings (SSSR count). The molecule has 1 aliphatic heterocycles. The molecule has 3 aliphatic rings. The maximum atomic E-state index is 13.7. The predicted molar refractivity (Wildman–Crippen MR) is 127 cm³/mol. The lowest BCUT2D eigenvalue weighted by molar-refractivity contribution is -0.120. The molecule has 164 valence electrons. The molecule has 6 heteroatoms. The summed E-state index contributed by atoms with van der Waals surface area (Å²) < 4.78 is 0. The summed E-state index contributed by atoms with van der Waals surface area (Å²) in [4.78, 5) is 30.1. The number of halogens is 1. The highest BCUT2D eigenvalue weighted by molar-refractivity contribution is 7.16. The van der Waals surface area contributed by atoms with E-state index in [1.165, 1.54) is 4.88 Å². The smallest absolute Gasteiger partial charge is 0.232 e. The molecular formula is C26H25ClN2O2S. The first kappa shape index (κ1) is 21.4. The number of hydrogen-bond acceptors (Lipinski definition) is 4. The Morgan fingerprint density at radius 3 is 2.72 bits per heavy atom. The Bertz CT molecular complexity index is 1220. The number of fused-ring (bicyclic) bond motifs is 1. The Morgan fingerprint density at radius 1 is 1.19 bits per heavy atom. The van der Waals surface area contributed by atoms with Gasteiger partial charge in [0, 0.05) is 39.9 Å². The summed E-state index contributed by atoms with van der Waals surface area (Å²) in [5.74, 6) is -0.246. The van der Waals surface area contributed by atoms with Gasteiger partial charge in [-0.05, 0) is 60.8 Å². The molecule has 4 nitrogen and oxygen atoms in total. The molecule has 0 radical (unpaired) electrons. The van der Waals surface area contributed by atoms with Crippen molar-refractivity contribution in [1.29, 1.82) is 5.26 Å². The third-order valence-corrected chi connectivity index (χ3v) is 8.37. The Kier molecular flexibility index (Phi) is 5.27. The van der Waals surface area contributed by atoms with Crippen LogP contribution in [0.4, 0.5) is 5.00 Å². The number of amides is 1. The van der Waals surface area contributed by atoms with Crippen LogP contribution in [0.3, 0.4) is 0 Å². The van der Waals surface area contributed by atoms with E-state index in [1.54, 1.807) is 22.3 Å². The van der Waals surface area contributed by atoms with Crippen LogP contribution >= 0.6 is 22.9 Å². The van der Waals surface area contributed by atoms with E-state index in [0.717, 1.165) is 48.1 Å². The zero-order chi connectivity index (χ0) is 22.6. The molecule has 0 N–H and O–H groups in total. The van der Waals surface area contributed by atoms with Crippen molar-refractivity contribution < 1.29 is 9.59 Å². The van der Waals surface area contributed by atoms with Gasteiger partial charge in [-0.25, -0.2) is 0 Å². The number of carbonyl (C=O) groups is 2. The Morgan fingerprint density at radius 2 is 1.97 bits per heavy atom. The van der Waals surface area contributed by atoms with Crippen LogP contribution in [0, 0.1) is 16.7 Å². The Balaban J connectivity index is 1.71. The Labute approximate surface area is 197 Å². The normalized spacial score (nSPS) is 22.4. The largest absolute Gasteiger partial charge is 0.294 e. The average molecular weight is 465 g/mol. The lowest BCUT2D eigenvalue weighted by Crippen LogP contribution is -2.43. The van der Waals surface area contributed by atoms with Crippen molar-refractivity contribution in [3.05, 3.63) is 62.1 Å². The van der Waals surface area contributed by atoms with Gasteiger partial charge in [-0.15, -0.1) is 11.3 Å². The van der Waals surface area contributed by atoms with Crippen LogP contribution in [0.5, 0.6) is 0 Å². The Hall–Kier alpha value is -2.42.